The number of ether oxygens (including phenoxy) is 3. The lowest BCUT2D eigenvalue weighted by atomic mass is 9.96. The zero-order valence-corrected chi connectivity index (χ0v) is 13.3. The van der Waals surface area contributed by atoms with Gasteiger partial charge in [-0.2, -0.15) is 0 Å². The number of rotatable bonds is 4. The molecule has 1 aromatic carbocycles. The molecule has 2 aliphatic rings. The van der Waals surface area contributed by atoms with Crippen molar-refractivity contribution in [1.82, 2.24) is 0 Å². The van der Waals surface area contributed by atoms with E-state index < -0.39 is 11.8 Å². The minimum Gasteiger partial charge on any atom is -0.469 e. The Balaban J connectivity index is 1.67. The molecule has 1 saturated carbocycles. The number of hydrogen-bond donors (Lipinski definition) is 0. The summed E-state index contributed by atoms with van der Waals surface area (Å²) in [6.45, 7) is 0.914. The van der Waals surface area contributed by atoms with Gasteiger partial charge in [-0.3, -0.25) is 9.59 Å². The van der Waals surface area contributed by atoms with Crippen molar-refractivity contribution in [3.63, 3.8) is 0 Å². The molecule has 1 unspecified atom stereocenters. The molecule has 0 aromatic heterocycles. The van der Waals surface area contributed by atoms with Crippen molar-refractivity contribution >= 4 is 11.9 Å². The highest BCUT2D eigenvalue weighted by Crippen LogP contribution is 2.48. The lowest BCUT2D eigenvalue weighted by Crippen LogP contribution is -2.27. The van der Waals surface area contributed by atoms with E-state index in [4.69, 9.17) is 14.2 Å². The minimum absolute atomic E-state index is 0.220. The summed E-state index contributed by atoms with van der Waals surface area (Å²) in [5, 5.41) is 0. The summed E-state index contributed by atoms with van der Waals surface area (Å²) in [4.78, 5) is 24.6. The molecule has 1 saturated heterocycles. The Kier molecular flexibility index (Phi) is 4.66. The molecule has 0 bridgehead atoms. The molecular weight excluding hydrogens is 296 g/mol. The second-order valence-corrected chi connectivity index (χ2v) is 6.37. The number of benzene rings is 1. The van der Waals surface area contributed by atoms with Gasteiger partial charge in [-0.15, -0.1) is 0 Å². The van der Waals surface area contributed by atoms with Gasteiger partial charge in [0.2, 0.25) is 0 Å². The lowest BCUT2D eigenvalue weighted by Gasteiger charge is -2.21. The second kappa shape index (κ2) is 6.71. The maximum atomic E-state index is 12.5. The summed E-state index contributed by atoms with van der Waals surface area (Å²) in [6.07, 6.45) is 2.95. The molecule has 3 rings (SSSR count). The molecule has 124 valence electrons. The minimum atomic E-state index is -0.482. The fraction of sp³-hybridized carbons (Fsp3) is 0.556. The van der Waals surface area contributed by atoms with Gasteiger partial charge in [-0.05, 0) is 31.2 Å². The average molecular weight is 318 g/mol. The predicted molar refractivity (Wildman–Crippen MR) is 82.4 cm³/mol. The van der Waals surface area contributed by atoms with E-state index in [1.54, 1.807) is 0 Å². The Bertz CT molecular complexity index is 562. The van der Waals surface area contributed by atoms with Gasteiger partial charge in [0.05, 0.1) is 24.5 Å². The highest BCUT2D eigenvalue weighted by atomic mass is 16.5. The molecule has 1 spiro atoms. The third kappa shape index (κ3) is 3.39. The van der Waals surface area contributed by atoms with Crippen LogP contribution in [0.1, 0.15) is 31.2 Å². The Labute approximate surface area is 135 Å². The molecule has 5 heteroatoms. The van der Waals surface area contributed by atoms with Crippen LogP contribution in [-0.2, 0) is 30.4 Å². The topological polar surface area (TPSA) is 61.8 Å². The molecule has 0 radical (unpaired) electrons. The molecule has 0 N–H and O–H groups in total. The second-order valence-electron chi connectivity index (χ2n) is 6.37. The van der Waals surface area contributed by atoms with Crippen LogP contribution >= 0.6 is 0 Å². The van der Waals surface area contributed by atoms with Crippen LogP contribution < -0.4 is 0 Å². The Morgan fingerprint density at radius 2 is 1.87 bits per heavy atom. The number of carbonyl (C=O) groups is 2. The van der Waals surface area contributed by atoms with E-state index in [2.05, 4.69) is 0 Å². The van der Waals surface area contributed by atoms with Gasteiger partial charge in [-0.1, -0.05) is 30.3 Å². The zero-order valence-electron chi connectivity index (χ0n) is 13.3. The van der Waals surface area contributed by atoms with Crippen LogP contribution in [0, 0.1) is 11.8 Å². The van der Waals surface area contributed by atoms with Crippen LogP contribution in [0.4, 0.5) is 0 Å². The van der Waals surface area contributed by atoms with E-state index in [0.717, 1.165) is 18.4 Å². The first-order chi connectivity index (χ1) is 11.1. The largest absolute Gasteiger partial charge is 0.469 e. The van der Waals surface area contributed by atoms with Gasteiger partial charge in [0.15, 0.2) is 0 Å². The molecule has 2 fully saturated rings. The van der Waals surface area contributed by atoms with Crippen LogP contribution in [0.25, 0.3) is 0 Å². The van der Waals surface area contributed by atoms with Gasteiger partial charge in [0.1, 0.15) is 6.61 Å². The average Bonchev–Trinajstić information content (AvgIpc) is 3.20. The fourth-order valence-electron chi connectivity index (χ4n) is 3.73. The number of methoxy groups -OCH3 is 1. The lowest BCUT2D eigenvalue weighted by molar-refractivity contribution is -0.158. The summed E-state index contributed by atoms with van der Waals surface area (Å²) in [6, 6.07) is 9.52. The maximum Gasteiger partial charge on any atom is 0.310 e. The summed E-state index contributed by atoms with van der Waals surface area (Å²) in [5.74, 6) is -1.64. The molecule has 1 aliphatic heterocycles. The highest BCUT2D eigenvalue weighted by molar-refractivity contribution is 5.83. The quantitative estimate of drug-likeness (QED) is 0.798. The predicted octanol–water partition coefficient (Wildman–Crippen LogP) is 2.48. The van der Waals surface area contributed by atoms with E-state index in [0.29, 0.717) is 19.4 Å². The van der Waals surface area contributed by atoms with E-state index in [-0.39, 0.29) is 24.1 Å². The fourth-order valence-corrected chi connectivity index (χ4v) is 3.73. The van der Waals surface area contributed by atoms with Crippen LogP contribution in [0.2, 0.25) is 0 Å². The van der Waals surface area contributed by atoms with Crippen molar-refractivity contribution in [2.24, 2.45) is 11.8 Å². The van der Waals surface area contributed by atoms with Crippen molar-refractivity contribution < 1.29 is 23.8 Å². The maximum absolute atomic E-state index is 12.5. The highest BCUT2D eigenvalue weighted by Gasteiger charge is 2.54. The number of carbonyl (C=O) groups excluding carboxylic acids is 2. The smallest absolute Gasteiger partial charge is 0.310 e. The summed E-state index contributed by atoms with van der Waals surface area (Å²) in [5.41, 5.74) is 0.579. The van der Waals surface area contributed by atoms with E-state index in [1.807, 2.05) is 30.3 Å². The third-order valence-electron chi connectivity index (χ3n) is 4.89. The molecular formula is C18H22O5. The Hall–Kier alpha value is -1.88. The van der Waals surface area contributed by atoms with Crippen LogP contribution in [-0.4, -0.2) is 31.3 Å². The van der Waals surface area contributed by atoms with Crippen molar-refractivity contribution in [1.29, 1.82) is 0 Å². The molecule has 23 heavy (non-hydrogen) atoms. The Morgan fingerprint density at radius 3 is 2.48 bits per heavy atom. The van der Waals surface area contributed by atoms with Gasteiger partial charge >= 0.3 is 11.9 Å². The molecule has 0 amide bonds. The first kappa shape index (κ1) is 16.0. The number of esters is 2. The Morgan fingerprint density at radius 1 is 1.17 bits per heavy atom. The van der Waals surface area contributed by atoms with Crippen molar-refractivity contribution in [2.75, 3.05) is 13.7 Å². The molecule has 3 atom stereocenters. The number of hydrogen-bond acceptors (Lipinski definition) is 5. The molecule has 1 aromatic rings. The SMILES string of the molecule is COC(=O)[C@H]1CC2(CCCO2)C[C@H]1C(=O)OCc1ccccc1. The van der Waals surface area contributed by atoms with E-state index >= 15 is 0 Å². The first-order valence-corrected chi connectivity index (χ1v) is 8.06. The van der Waals surface area contributed by atoms with Gasteiger partial charge < -0.3 is 14.2 Å². The monoisotopic (exact) mass is 318 g/mol. The van der Waals surface area contributed by atoms with Crippen LogP contribution in [0.3, 0.4) is 0 Å². The van der Waals surface area contributed by atoms with Crippen molar-refractivity contribution in [2.45, 2.75) is 37.9 Å². The third-order valence-corrected chi connectivity index (χ3v) is 4.89. The summed E-state index contributed by atoms with van der Waals surface area (Å²) in [7, 11) is 1.36. The van der Waals surface area contributed by atoms with Gasteiger partial charge in [0, 0.05) is 6.61 Å². The first-order valence-electron chi connectivity index (χ1n) is 8.06. The molecule has 1 heterocycles. The molecule has 5 nitrogen and oxygen atoms in total. The van der Waals surface area contributed by atoms with E-state index in [9.17, 15) is 9.59 Å². The molecule has 1 aliphatic carbocycles. The van der Waals surface area contributed by atoms with E-state index in [1.165, 1.54) is 7.11 Å². The van der Waals surface area contributed by atoms with Crippen molar-refractivity contribution in [3.8, 4) is 0 Å². The van der Waals surface area contributed by atoms with Crippen LogP contribution in [0.5, 0.6) is 0 Å². The normalized spacial score (nSPS) is 29.6. The van der Waals surface area contributed by atoms with Crippen molar-refractivity contribution in [3.05, 3.63) is 35.9 Å². The zero-order chi connectivity index (χ0) is 16.3. The standard InChI is InChI=1S/C18H22O5/c1-21-16(19)14-10-18(8-5-9-23-18)11-15(14)17(20)22-12-13-6-3-2-4-7-13/h2-4,6-7,14-15H,5,8-12H2,1H3/t14-,15+,18?/m0/s1. The van der Waals surface area contributed by atoms with Gasteiger partial charge in [0.25, 0.3) is 0 Å². The summed E-state index contributed by atoms with van der Waals surface area (Å²) < 4.78 is 16.2. The van der Waals surface area contributed by atoms with Gasteiger partial charge in [-0.25, -0.2) is 0 Å². The summed E-state index contributed by atoms with van der Waals surface area (Å²) >= 11 is 0. The van der Waals surface area contributed by atoms with Crippen LogP contribution in [0.15, 0.2) is 30.3 Å².